The van der Waals surface area contributed by atoms with Crippen molar-refractivity contribution in [1.29, 1.82) is 0 Å². The van der Waals surface area contributed by atoms with E-state index in [2.05, 4.69) is 45.8 Å². The van der Waals surface area contributed by atoms with Gasteiger partial charge in [-0.05, 0) is 19.1 Å². The molecule has 0 aliphatic heterocycles. The van der Waals surface area contributed by atoms with Crippen LogP contribution < -0.4 is 10.2 Å². The lowest BCUT2D eigenvalue weighted by molar-refractivity contribution is 0.975. The minimum Gasteiger partial charge on any atom is -0.366 e. The SMILES string of the molecule is C=CCNc1cc(N(CC)c2ccccc2)ncn1. The minimum absolute atomic E-state index is 0.688. The summed E-state index contributed by atoms with van der Waals surface area (Å²) in [4.78, 5) is 10.7. The van der Waals surface area contributed by atoms with E-state index in [0.717, 1.165) is 23.9 Å². The Kier molecular flexibility index (Phi) is 4.50. The molecule has 4 nitrogen and oxygen atoms in total. The number of anilines is 3. The maximum atomic E-state index is 4.34. The van der Waals surface area contributed by atoms with Crippen LogP contribution in [0, 0.1) is 0 Å². The maximum Gasteiger partial charge on any atom is 0.138 e. The lowest BCUT2D eigenvalue weighted by Gasteiger charge is -2.22. The summed E-state index contributed by atoms with van der Waals surface area (Å²) in [6, 6.07) is 12.1. The van der Waals surface area contributed by atoms with E-state index in [0.29, 0.717) is 6.54 Å². The third kappa shape index (κ3) is 3.31. The molecule has 0 fully saturated rings. The summed E-state index contributed by atoms with van der Waals surface area (Å²) in [6.07, 6.45) is 3.38. The van der Waals surface area contributed by atoms with Gasteiger partial charge in [-0.15, -0.1) is 6.58 Å². The molecule has 1 aromatic heterocycles. The van der Waals surface area contributed by atoms with Crippen molar-refractivity contribution in [3.8, 4) is 0 Å². The zero-order valence-corrected chi connectivity index (χ0v) is 11.1. The molecular weight excluding hydrogens is 236 g/mol. The largest absolute Gasteiger partial charge is 0.366 e. The number of benzene rings is 1. The fraction of sp³-hybridized carbons (Fsp3) is 0.200. The summed E-state index contributed by atoms with van der Waals surface area (Å²) in [7, 11) is 0. The molecule has 0 saturated heterocycles. The van der Waals surface area contributed by atoms with Gasteiger partial charge >= 0.3 is 0 Å². The van der Waals surface area contributed by atoms with E-state index in [1.165, 1.54) is 0 Å². The second-order valence-electron chi connectivity index (χ2n) is 4.01. The number of nitrogens with zero attached hydrogens (tertiary/aromatic N) is 3. The average Bonchev–Trinajstić information content (AvgIpc) is 2.47. The monoisotopic (exact) mass is 254 g/mol. The first-order chi connectivity index (χ1) is 9.35. The lowest BCUT2D eigenvalue weighted by atomic mass is 10.3. The predicted octanol–water partition coefficient (Wildman–Crippen LogP) is 3.23. The molecule has 0 saturated carbocycles. The number of aromatic nitrogens is 2. The highest BCUT2D eigenvalue weighted by atomic mass is 15.2. The van der Waals surface area contributed by atoms with Gasteiger partial charge < -0.3 is 10.2 Å². The third-order valence-corrected chi connectivity index (χ3v) is 2.74. The highest BCUT2D eigenvalue weighted by molar-refractivity contribution is 5.61. The van der Waals surface area contributed by atoms with Gasteiger partial charge in [0.25, 0.3) is 0 Å². The molecule has 0 radical (unpaired) electrons. The molecule has 2 aromatic rings. The molecule has 19 heavy (non-hydrogen) atoms. The standard InChI is InChI=1S/C15H18N4/c1-3-10-16-14-11-15(18-12-17-14)19(4-2)13-8-6-5-7-9-13/h3,5-9,11-12H,1,4,10H2,2H3,(H,16,17,18). The van der Waals surface area contributed by atoms with Crippen molar-refractivity contribution < 1.29 is 0 Å². The summed E-state index contributed by atoms with van der Waals surface area (Å²) >= 11 is 0. The molecule has 0 unspecified atom stereocenters. The molecular formula is C15H18N4. The summed E-state index contributed by atoms with van der Waals surface area (Å²) in [5.41, 5.74) is 1.12. The Bertz CT molecular complexity index is 525. The minimum atomic E-state index is 0.688. The van der Waals surface area contributed by atoms with Crippen LogP contribution in [0.4, 0.5) is 17.3 Å². The summed E-state index contributed by atoms with van der Waals surface area (Å²) in [5.74, 6) is 1.69. The van der Waals surface area contributed by atoms with Crippen molar-refractivity contribution in [2.24, 2.45) is 0 Å². The van der Waals surface area contributed by atoms with Gasteiger partial charge in [0.15, 0.2) is 0 Å². The summed E-state index contributed by atoms with van der Waals surface area (Å²) in [6.45, 7) is 7.32. The Balaban J connectivity index is 2.26. The Morgan fingerprint density at radius 1 is 1.26 bits per heavy atom. The second kappa shape index (κ2) is 6.54. The van der Waals surface area contributed by atoms with Crippen LogP contribution in [0.3, 0.4) is 0 Å². The van der Waals surface area contributed by atoms with Gasteiger partial charge in [0.05, 0.1) is 0 Å². The molecule has 2 rings (SSSR count). The van der Waals surface area contributed by atoms with Crippen molar-refractivity contribution in [3.63, 3.8) is 0 Å². The van der Waals surface area contributed by atoms with Crippen LogP contribution in [0.25, 0.3) is 0 Å². The van der Waals surface area contributed by atoms with Gasteiger partial charge in [-0.2, -0.15) is 0 Å². The van der Waals surface area contributed by atoms with Crippen LogP contribution in [0.5, 0.6) is 0 Å². The molecule has 0 bridgehead atoms. The van der Waals surface area contributed by atoms with Gasteiger partial charge in [-0.3, -0.25) is 0 Å². The van der Waals surface area contributed by atoms with Gasteiger partial charge in [-0.25, -0.2) is 9.97 Å². The molecule has 0 spiro atoms. The Morgan fingerprint density at radius 3 is 2.74 bits per heavy atom. The molecule has 0 amide bonds. The van der Waals surface area contributed by atoms with Gasteiger partial charge in [0, 0.05) is 24.8 Å². The van der Waals surface area contributed by atoms with Crippen LogP contribution in [0.15, 0.2) is 55.4 Å². The fourth-order valence-electron chi connectivity index (χ4n) is 1.85. The van der Waals surface area contributed by atoms with E-state index >= 15 is 0 Å². The Hall–Kier alpha value is -2.36. The third-order valence-electron chi connectivity index (χ3n) is 2.74. The van der Waals surface area contributed by atoms with Crippen LogP contribution in [-0.4, -0.2) is 23.1 Å². The zero-order valence-electron chi connectivity index (χ0n) is 11.1. The molecule has 0 atom stereocenters. The molecule has 1 aromatic carbocycles. The van der Waals surface area contributed by atoms with E-state index in [4.69, 9.17) is 0 Å². The highest BCUT2D eigenvalue weighted by Crippen LogP contribution is 2.23. The van der Waals surface area contributed by atoms with Gasteiger partial charge in [0.1, 0.15) is 18.0 Å². The Labute approximate surface area is 113 Å². The number of nitrogens with one attached hydrogen (secondary N) is 1. The van der Waals surface area contributed by atoms with Gasteiger partial charge in [-0.1, -0.05) is 24.3 Å². The van der Waals surface area contributed by atoms with Crippen molar-refractivity contribution in [2.45, 2.75) is 6.92 Å². The summed E-state index contributed by atoms with van der Waals surface area (Å²) in [5, 5.41) is 3.17. The smallest absolute Gasteiger partial charge is 0.138 e. The quantitative estimate of drug-likeness (QED) is 0.803. The van der Waals surface area contributed by atoms with E-state index in [1.807, 2.05) is 24.3 Å². The Morgan fingerprint density at radius 2 is 2.05 bits per heavy atom. The van der Waals surface area contributed by atoms with Gasteiger partial charge in [0.2, 0.25) is 0 Å². The van der Waals surface area contributed by atoms with Crippen LogP contribution >= 0.6 is 0 Å². The van der Waals surface area contributed by atoms with E-state index in [9.17, 15) is 0 Å². The first kappa shape index (κ1) is 13.1. The topological polar surface area (TPSA) is 41.0 Å². The summed E-state index contributed by atoms with van der Waals surface area (Å²) < 4.78 is 0. The first-order valence-electron chi connectivity index (χ1n) is 6.34. The number of hydrogen-bond acceptors (Lipinski definition) is 4. The van der Waals surface area contributed by atoms with Crippen LogP contribution in [-0.2, 0) is 0 Å². The van der Waals surface area contributed by atoms with E-state index < -0.39 is 0 Å². The number of rotatable bonds is 6. The first-order valence-corrected chi connectivity index (χ1v) is 6.34. The zero-order chi connectivity index (χ0) is 13.5. The van der Waals surface area contributed by atoms with Crippen molar-refractivity contribution >= 4 is 17.3 Å². The van der Waals surface area contributed by atoms with E-state index in [1.54, 1.807) is 12.4 Å². The van der Waals surface area contributed by atoms with E-state index in [-0.39, 0.29) is 0 Å². The normalized spacial score (nSPS) is 9.95. The molecule has 0 aliphatic carbocycles. The predicted molar refractivity (Wildman–Crippen MR) is 79.8 cm³/mol. The molecule has 4 heteroatoms. The second-order valence-corrected chi connectivity index (χ2v) is 4.01. The molecule has 98 valence electrons. The van der Waals surface area contributed by atoms with Crippen LogP contribution in [0.2, 0.25) is 0 Å². The number of para-hydroxylation sites is 1. The van der Waals surface area contributed by atoms with Crippen molar-refractivity contribution in [2.75, 3.05) is 23.3 Å². The average molecular weight is 254 g/mol. The molecule has 0 aliphatic rings. The fourth-order valence-corrected chi connectivity index (χ4v) is 1.85. The number of hydrogen-bond donors (Lipinski definition) is 1. The molecule has 1 heterocycles. The lowest BCUT2D eigenvalue weighted by Crippen LogP contribution is -2.17. The van der Waals surface area contributed by atoms with Crippen molar-refractivity contribution in [1.82, 2.24) is 9.97 Å². The highest BCUT2D eigenvalue weighted by Gasteiger charge is 2.08. The van der Waals surface area contributed by atoms with Crippen LogP contribution in [0.1, 0.15) is 6.92 Å². The molecule has 1 N–H and O–H groups in total. The maximum absolute atomic E-state index is 4.34. The van der Waals surface area contributed by atoms with Crippen molar-refractivity contribution in [3.05, 3.63) is 55.4 Å².